The van der Waals surface area contributed by atoms with Crippen molar-refractivity contribution in [1.82, 2.24) is 10.2 Å². The Bertz CT molecular complexity index is 364. The number of carbonyl (C=O) groups is 3. The highest BCUT2D eigenvalue weighted by atomic mass is 16.4. The zero-order valence-electron chi connectivity index (χ0n) is 11.6. The van der Waals surface area contributed by atoms with Crippen molar-refractivity contribution in [3.63, 3.8) is 0 Å². The van der Waals surface area contributed by atoms with E-state index in [4.69, 9.17) is 0 Å². The molecule has 0 saturated carbocycles. The van der Waals surface area contributed by atoms with E-state index in [9.17, 15) is 19.5 Å². The van der Waals surface area contributed by atoms with Crippen molar-refractivity contribution < 1.29 is 19.5 Å². The highest BCUT2D eigenvalue weighted by Gasteiger charge is 2.38. The standard InChI is InChI=1S/C13H22N2O4/c1-3-13(4-2,12(18)19)8-11(17)15-7-5-6-14-10(16)9-15/h3-9H2,1-2H3,(H,14,16)(H,18,19). The zero-order valence-corrected chi connectivity index (χ0v) is 11.6. The SMILES string of the molecule is CCC(CC)(CC(=O)N1CCCNC(=O)C1)C(=O)O. The van der Waals surface area contributed by atoms with Crippen LogP contribution in [0, 0.1) is 5.41 Å². The second-order valence-corrected chi connectivity index (χ2v) is 4.99. The molecule has 0 spiro atoms. The summed E-state index contributed by atoms with van der Waals surface area (Å²) in [5, 5.41) is 12.0. The first-order valence-electron chi connectivity index (χ1n) is 6.73. The Hall–Kier alpha value is -1.59. The van der Waals surface area contributed by atoms with Crippen LogP contribution in [0.3, 0.4) is 0 Å². The van der Waals surface area contributed by atoms with E-state index in [0.29, 0.717) is 32.4 Å². The first-order valence-corrected chi connectivity index (χ1v) is 6.73. The minimum Gasteiger partial charge on any atom is -0.481 e. The Balaban J connectivity index is 2.76. The van der Waals surface area contributed by atoms with Crippen molar-refractivity contribution in [3.05, 3.63) is 0 Å². The maximum atomic E-state index is 12.2. The number of rotatable bonds is 5. The van der Waals surface area contributed by atoms with Crippen LogP contribution in [0.1, 0.15) is 39.5 Å². The van der Waals surface area contributed by atoms with Crippen molar-refractivity contribution in [2.24, 2.45) is 5.41 Å². The minimum atomic E-state index is -1.01. The molecule has 1 aliphatic heterocycles. The van der Waals surface area contributed by atoms with Gasteiger partial charge in [0.1, 0.15) is 0 Å². The molecule has 1 heterocycles. The molecule has 1 fully saturated rings. The zero-order chi connectivity index (χ0) is 14.5. The molecule has 1 aliphatic rings. The molecule has 108 valence electrons. The summed E-state index contributed by atoms with van der Waals surface area (Å²) in [6.45, 7) is 4.65. The van der Waals surface area contributed by atoms with Gasteiger partial charge in [-0.3, -0.25) is 14.4 Å². The van der Waals surface area contributed by atoms with E-state index in [1.807, 2.05) is 0 Å². The van der Waals surface area contributed by atoms with Gasteiger partial charge in [0, 0.05) is 19.5 Å². The van der Waals surface area contributed by atoms with Gasteiger partial charge in [-0.1, -0.05) is 13.8 Å². The number of nitrogens with zero attached hydrogens (tertiary/aromatic N) is 1. The van der Waals surface area contributed by atoms with Crippen LogP contribution in [0.2, 0.25) is 0 Å². The molecule has 0 bridgehead atoms. The van der Waals surface area contributed by atoms with Gasteiger partial charge >= 0.3 is 5.97 Å². The van der Waals surface area contributed by atoms with Crippen molar-refractivity contribution >= 4 is 17.8 Å². The molecule has 0 unspecified atom stereocenters. The molecule has 0 aromatic rings. The first kappa shape index (κ1) is 15.5. The Kier molecular flexibility index (Phi) is 5.32. The van der Waals surface area contributed by atoms with Crippen LogP contribution < -0.4 is 5.32 Å². The molecule has 6 heteroatoms. The number of amides is 2. The topological polar surface area (TPSA) is 86.7 Å². The van der Waals surface area contributed by atoms with Gasteiger partial charge < -0.3 is 15.3 Å². The third kappa shape index (κ3) is 3.68. The van der Waals surface area contributed by atoms with Crippen LogP contribution >= 0.6 is 0 Å². The van der Waals surface area contributed by atoms with Gasteiger partial charge in [0.15, 0.2) is 0 Å². The highest BCUT2D eigenvalue weighted by Crippen LogP contribution is 2.31. The molecule has 6 nitrogen and oxygen atoms in total. The Morgan fingerprint density at radius 3 is 2.53 bits per heavy atom. The fraction of sp³-hybridized carbons (Fsp3) is 0.769. The molecule has 2 amide bonds. The van der Waals surface area contributed by atoms with Crippen LogP contribution in [0.4, 0.5) is 0 Å². The van der Waals surface area contributed by atoms with Crippen LogP contribution in [0.5, 0.6) is 0 Å². The third-order valence-electron chi connectivity index (χ3n) is 3.91. The molecule has 2 N–H and O–H groups in total. The summed E-state index contributed by atoms with van der Waals surface area (Å²) in [5.41, 5.74) is -1.01. The number of hydrogen-bond donors (Lipinski definition) is 2. The summed E-state index contributed by atoms with van der Waals surface area (Å²) in [7, 11) is 0. The molecular formula is C13H22N2O4. The lowest BCUT2D eigenvalue weighted by Crippen LogP contribution is -2.42. The number of carboxylic acid groups (broad SMARTS) is 1. The number of carbonyl (C=O) groups excluding carboxylic acids is 2. The van der Waals surface area contributed by atoms with Gasteiger partial charge in [0.25, 0.3) is 0 Å². The first-order chi connectivity index (χ1) is 8.95. The molecule has 0 aliphatic carbocycles. The lowest BCUT2D eigenvalue weighted by molar-refractivity contribution is -0.154. The van der Waals surface area contributed by atoms with Crippen LogP contribution in [-0.2, 0) is 14.4 Å². The molecule has 19 heavy (non-hydrogen) atoms. The second kappa shape index (κ2) is 6.54. The molecular weight excluding hydrogens is 248 g/mol. The normalized spacial score (nSPS) is 16.7. The highest BCUT2D eigenvalue weighted by molar-refractivity contribution is 5.88. The molecule has 1 saturated heterocycles. The quantitative estimate of drug-likeness (QED) is 0.766. The third-order valence-corrected chi connectivity index (χ3v) is 3.91. The van der Waals surface area contributed by atoms with Gasteiger partial charge in [-0.05, 0) is 19.3 Å². The predicted octanol–water partition coefficient (Wildman–Crippen LogP) is 0.616. The van der Waals surface area contributed by atoms with Gasteiger partial charge in [-0.2, -0.15) is 0 Å². The molecule has 0 aromatic heterocycles. The summed E-state index contributed by atoms with van der Waals surface area (Å²) in [5.74, 6) is -1.37. The maximum absolute atomic E-state index is 12.2. The summed E-state index contributed by atoms with van der Waals surface area (Å²) in [6.07, 6.45) is 1.48. The summed E-state index contributed by atoms with van der Waals surface area (Å²) in [4.78, 5) is 36.5. The number of hydrogen-bond acceptors (Lipinski definition) is 3. The lowest BCUT2D eigenvalue weighted by Gasteiger charge is -2.29. The van der Waals surface area contributed by atoms with E-state index in [0.717, 1.165) is 0 Å². The molecule has 0 aromatic carbocycles. The smallest absolute Gasteiger partial charge is 0.310 e. The van der Waals surface area contributed by atoms with Crippen molar-refractivity contribution in [1.29, 1.82) is 0 Å². The van der Waals surface area contributed by atoms with Gasteiger partial charge in [-0.15, -0.1) is 0 Å². The molecule has 0 radical (unpaired) electrons. The van der Waals surface area contributed by atoms with Gasteiger partial charge in [-0.25, -0.2) is 0 Å². The van der Waals surface area contributed by atoms with Gasteiger partial charge in [0.05, 0.1) is 12.0 Å². The van der Waals surface area contributed by atoms with Crippen molar-refractivity contribution in [3.8, 4) is 0 Å². The number of carboxylic acids is 1. The Morgan fingerprint density at radius 1 is 1.37 bits per heavy atom. The Morgan fingerprint density at radius 2 is 2.00 bits per heavy atom. The average molecular weight is 270 g/mol. The van der Waals surface area contributed by atoms with E-state index in [2.05, 4.69) is 5.32 Å². The average Bonchev–Trinajstić information content (AvgIpc) is 2.60. The van der Waals surface area contributed by atoms with E-state index >= 15 is 0 Å². The van der Waals surface area contributed by atoms with E-state index in [1.54, 1.807) is 13.8 Å². The van der Waals surface area contributed by atoms with Gasteiger partial charge in [0.2, 0.25) is 11.8 Å². The monoisotopic (exact) mass is 270 g/mol. The molecule has 1 rings (SSSR count). The van der Waals surface area contributed by atoms with Crippen LogP contribution in [0.25, 0.3) is 0 Å². The van der Waals surface area contributed by atoms with Crippen molar-refractivity contribution in [2.75, 3.05) is 19.6 Å². The van der Waals surface area contributed by atoms with E-state index in [-0.39, 0.29) is 24.8 Å². The lowest BCUT2D eigenvalue weighted by atomic mass is 9.79. The summed E-state index contributed by atoms with van der Waals surface area (Å²) in [6, 6.07) is 0. The Labute approximate surface area is 113 Å². The summed E-state index contributed by atoms with van der Waals surface area (Å²) < 4.78 is 0. The van der Waals surface area contributed by atoms with Crippen molar-refractivity contribution in [2.45, 2.75) is 39.5 Å². The fourth-order valence-corrected chi connectivity index (χ4v) is 2.30. The number of nitrogens with one attached hydrogen (secondary N) is 1. The summed E-state index contributed by atoms with van der Waals surface area (Å²) >= 11 is 0. The van der Waals surface area contributed by atoms with E-state index in [1.165, 1.54) is 4.90 Å². The van der Waals surface area contributed by atoms with Crippen LogP contribution in [-0.4, -0.2) is 47.4 Å². The van der Waals surface area contributed by atoms with Crippen LogP contribution in [0.15, 0.2) is 0 Å². The van der Waals surface area contributed by atoms with E-state index < -0.39 is 11.4 Å². The largest absolute Gasteiger partial charge is 0.481 e. The second-order valence-electron chi connectivity index (χ2n) is 4.99. The number of aliphatic carboxylic acids is 1. The fourth-order valence-electron chi connectivity index (χ4n) is 2.30. The maximum Gasteiger partial charge on any atom is 0.310 e. The minimum absolute atomic E-state index is 0.0297. The molecule has 0 atom stereocenters. The predicted molar refractivity (Wildman–Crippen MR) is 69.5 cm³/mol.